The summed E-state index contributed by atoms with van der Waals surface area (Å²) in [7, 11) is -3.34. The molecule has 0 aliphatic carbocycles. The fourth-order valence-electron chi connectivity index (χ4n) is 4.68. The quantitative estimate of drug-likeness (QED) is 0.293. The van der Waals surface area contributed by atoms with Crippen molar-refractivity contribution in [3.8, 4) is 11.5 Å². The minimum atomic E-state index is -3.34. The number of nitrogens with one attached hydrogen (secondary N) is 2. The molecule has 0 atom stereocenters. The molecule has 0 unspecified atom stereocenters. The summed E-state index contributed by atoms with van der Waals surface area (Å²) in [5, 5.41) is 2.61. The average Bonchev–Trinajstić information content (AvgIpc) is 2.93. The van der Waals surface area contributed by atoms with E-state index in [4.69, 9.17) is 4.74 Å². The number of amides is 2. The number of piperidine rings is 1. The minimum Gasteiger partial charge on any atom is -0.456 e. The lowest BCUT2D eigenvalue weighted by Gasteiger charge is -2.38. The van der Waals surface area contributed by atoms with E-state index in [1.807, 2.05) is 12.1 Å². The third-order valence-corrected chi connectivity index (χ3v) is 7.37. The second-order valence-electron chi connectivity index (χ2n) is 10.1. The topological polar surface area (TPSA) is 104 Å². The molecular formula is C29H35F2N5O4S. The van der Waals surface area contributed by atoms with Gasteiger partial charge in [-0.05, 0) is 67.8 Å². The Balaban J connectivity index is 1.28. The monoisotopic (exact) mass is 587 g/mol. The van der Waals surface area contributed by atoms with E-state index in [9.17, 15) is 22.0 Å². The van der Waals surface area contributed by atoms with Crippen LogP contribution in [0.15, 0.2) is 60.8 Å². The third-order valence-electron chi connectivity index (χ3n) is 6.76. The van der Waals surface area contributed by atoms with Crippen molar-refractivity contribution in [3.63, 3.8) is 0 Å². The number of likely N-dealkylation sites (tertiary alicyclic amines) is 1. The first-order valence-corrected chi connectivity index (χ1v) is 15.4. The van der Waals surface area contributed by atoms with Gasteiger partial charge in [-0.2, -0.15) is 0 Å². The number of hydrogen-bond acceptors (Lipinski definition) is 6. The van der Waals surface area contributed by atoms with E-state index in [-0.39, 0.29) is 17.8 Å². The molecule has 220 valence electrons. The molecule has 2 N–H and O–H groups in total. The maximum absolute atomic E-state index is 14.1. The van der Waals surface area contributed by atoms with E-state index in [1.165, 1.54) is 6.07 Å². The van der Waals surface area contributed by atoms with Crippen molar-refractivity contribution in [2.24, 2.45) is 0 Å². The lowest BCUT2D eigenvalue weighted by Crippen LogP contribution is -2.49. The van der Waals surface area contributed by atoms with Gasteiger partial charge in [-0.15, -0.1) is 0 Å². The van der Waals surface area contributed by atoms with E-state index in [0.29, 0.717) is 30.3 Å². The Morgan fingerprint density at radius 1 is 1.07 bits per heavy atom. The van der Waals surface area contributed by atoms with Crippen LogP contribution in [-0.4, -0.2) is 61.2 Å². The number of aromatic nitrogens is 1. The van der Waals surface area contributed by atoms with Crippen LogP contribution in [0.25, 0.3) is 0 Å². The van der Waals surface area contributed by atoms with Gasteiger partial charge in [0.1, 0.15) is 23.1 Å². The highest BCUT2D eigenvalue weighted by atomic mass is 32.2. The molecular weight excluding hydrogens is 552 g/mol. The number of halogens is 2. The molecule has 12 heteroatoms. The van der Waals surface area contributed by atoms with Crippen LogP contribution in [0, 0.1) is 11.6 Å². The number of benzene rings is 2. The molecule has 0 saturated carbocycles. The number of rotatable bonds is 11. The molecule has 2 aromatic carbocycles. The van der Waals surface area contributed by atoms with Crippen LogP contribution < -0.4 is 14.8 Å². The Hall–Kier alpha value is -3.77. The zero-order valence-corrected chi connectivity index (χ0v) is 24.0. The molecule has 1 aromatic heterocycles. The molecule has 2 heterocycles. The van der Waals surface area contributed by atoms with Gasteiger partial charge in [0.05, 0.1) is 23.8 Å². The Morgan fingerprint density at radius 3 is 2.39 bits per heavy atom. The molecule has 0 radical (unpaired) electrons. The number of unbranched alkanes of at least 4 members (excludes halogenated alkanes) is 1. The summed E-state index contributed by atoms with van der Waals surface area (Å²) in [6.45, 7) is 4.83. The van der Waals surface area contributed by atoms with Crippen LogP contribution in [0.5, 0.6) is 11.5 Å². The molecule has 1 saturated heterocycles. The highest BCUT2D eigenvalue weighted by Gasteiger charge is 2.28. The average molecular weight is 588 g/mol. The molecule has 9 nitrogen and oxygen atoms in total. The summed E-state index contributed by atoms with van der Waals surface area (Å²) in [6, 6.07) is 13.1. The van der Waals surface area contributed by atoms with Gasteiger partial charge < -0.3 is 15.0 Å². The first kappa shape index (κ1) is 30.2. The van der Waals surface area contributed by atoms with Crippen LogP contribution >= 0.6 is 0 Å². The zero-order chi connectivity index (χ0) is 29.4. The van der Waals surface area contributed by atoms with E-state index < -0.39 is 21.7 Å². The van der Waals surface area contributed by atoms with Gasteiger partial charge >= 0.3 is 6.03 Å². The summed E-state index contributed by atoms with van der Waals surface area (Å²) in [4.78, 5) is 21.6. The van der Waals surface area contributed by atoms with Crippen LogP contribution in [0.1, 0.15) is 38.3 Å². The summed E-state index contributed by atoms with van der Waals surface area (Å²) in [6.07, 6.45) is 6.04. The fraction of sp³-hybridized carbons (Fsp3) is 0.379. The van der Waals surface area contributed by atoms with Crippen LogP contribution in [-0.2, 0) is 16.6 Å². The smallest absolute Gasteiger partial charge is 0.322 e. The SMILES string of the molecule is CCCCN(C(=O)Nc1ccc(F)cc1F)C1CCN(Cc2ccc(Oc3ccc(NS(C)(=O)=O)cc3)cn2)CC1. The van der Waals surface area contributed by atoms with Crippen LogP contribution in [0.2, 0.25) is 0 Å². The van der Waals surface area contributed by atoms with Crippen molar-refractivity contribution in [3.05, 3.63) is 78.1 Å². The number of anilines is 2. The summed E-state index contributed by atoms with van der Waals surface area (Å²) < 4.78 is 58.3. The van der Waals surface area contributed by atoms with Crippen LogP contribution in [0.3, 0.4) is 0 Å². The summed E-state index contributed by atoms with van der Waals surface area (Å²) in [5.74, 6) is -0.373. The molecule has 4 rings (SSSR count). The first-order valence-electron chi connectivity index (χ1n) is 13.6. The largest absolute Gasteiger partial charge is 0.456 e. The summed E-state index contributed by atoms with van der Waals surface area (Å²) in [5.41, 5.74) is 1.30. The number of nitrogens with zero attached hydrogens (tertiary/aromatic N) is 3. The lowest BCUT2D eigenvalue weighted by molar-refractivity contribution is 0.122. The number of ether oxygens (including phenoxy) is 1. The molecule has 3 aromatic rings. The molecule has 0 spiro atoms. The number of pyridine rings is 1. The normalized spacial score (nSPS) is 14.4. The number of hydrogen-bond donors (Lipinski definition) is 2. The predicted octanol–water partition coefficient (Wildman–Crippen LogP) is 5.82. The second kappa shape index (κ2) is 13.7. The number of urea groups is 1. The zero-order valence-electron chi connectivity index (χ0n) is 23.1. The second-order valence-corrected chi connectivity index (χ2v) is 11.8. The Bertz CT molecular complexity index is 1410. The molecule has 1 fully saturated rings. The maximum atomic E-state index is 14.1. The van der Waals surface area contributed by atoms with E-state index in [1.54, 1.807) is 35.4 Å². The van der Waals surface area contributed by atoms with E-state index in [0.717, 1.165) is 62.9 Å². The third kappa shape index (κ3) is 9.12. The highest BCUT2D eigenvalue weighted by molar-refractivity contribution is 7.92. The highest BCUT2D eigenvalue weighted by Crippen LogP contribution is 2.25. The van der Waals surface area contributed by atoms with Crippen LogP contribution in [0.4, 0.5) is 25.0 Å². The molecule has 1 aliphatic rings. The Labute approximate surface area is 239 Å². The van der Waals surface area contributed by atoms with Crippen molar-refractivity contribution in [1.29, 1.82) is 0 Å². The van der Waals surface area contributed by atoms with Gasteiger partial charge in [-0.1, -0.05) is 13.3 Å². The molecule has 1 aliphatic heterocycles. The minimum absolute atomic E-state index is 0.0177. The Morgan fingerprint density at radius 2 is 1.78 bits per heavy atom. The summed E-state index contributed by atoms with van der Waals surface area (Å²) >= 11 is 0. The maximum Gasteiger partial charge on any atom is 0.322 e. The van der Waals surface area contributed by atoms with Gasteiger partial charge in [-0.3, -0.25) is 14.6 Å². The van der Waals surface area contributed by atoms with Crippen molar-refractivity contribution in [2.45, 2.75) is 45.2 Å². The molecule has 0 bridgehead atoms. The van der Waals surface area contributed by atoms with Gasteiger partial charge in [0, 0.05) is 44.0 Å². The van der Waals surface area contributed by atoms with Gasteiger partial charge in [0.25, 0.3) is 0 Å². The van der Waals surface area contributed by atoms with Gasteiger partial charge in [0.2, 0.25) is 10.0 Å². The lowest BCUT2D eigenvalue weighted by atomic mass is 10.0. The molecule has 2 amide bonds. The van der Waals surface area contributed by atoms with Gasteiger partial charge in [-0.25, -0.2) is 22.0 Å². The van der Waals surface area contributed by atoms with Crippen molar-refractivity contribution >= 4 is 27.4 Å². The van der Waals surface area contributed by atoms with Gasteiger partial charge in [0.15, 0.2) is 0 Å². The van der Waals surface area contributed by atoms with Crippen molar-refractivity contribution < 1.29 is 26.7 Å². The number of carbonyl (C=O) groups is 1. The fourth-order valence-corrected chi connectivity index (χ4v) is 5.24. The molecule has 41 heavy (non-hydrogen) atoms. The standard InChI is InChI=1S/C29H35F2N5O4S/c1-3-4-15-36(29(37)33-28-12-5-21(30)18-27(28)31)24-13-16-35(17-14-24)20-23-8-11-26(19-32-23)40-25-9-6-22(7-10-25)34-41(2,38)39/h5-12,18-19,24,34H,3-4,13-17,20H2,1-2H3,(H,33,37). The first-order chi connectivity index (χ1) is 19.6. The van der Waals surface area contributed by atoms with Crippen molar-refractivity contribution in [1.82, 2.24) is 14.8 Å². The van der Waals surface area contributed by atoms with E-state index in [2.05, 4.69) is 26.8 Å². The Kier molecular flexibility index (Phi) is 10.1. The number of sulfonamides is 1. The van der Waals surface area contributed by atoms with E-state index >= 15 is 0 Å². The van der Waals surface area contributed by atoms with Crippen molar-refractivity contribution in [2.75, 3.05) is 35.9 Å². The predicted molar refractivity (Wildman–Crippen MR) is 155 cm³/mol. The number of carbonyl (C=O) groups excluding carboxylic acids is 1.